The van der Waals surface area contributed by atoms with Crippen molar-refractivity contribution >= 4 is 16.3 Å². The molecule has 1 fully saturated rings. The van der Waals surface area contributed by atoms with Crippen LogP contribution >= 0.6 is 0 Å². The van der Waals surface area contributed by atoms with Crippen molar-refractivity contribution in [2.24, 2.45) is 5.92 Å². The molecule has 2 atom stereocenters. The summed E-state index contributed by atoms with van der Waals surface area (Å²) in [4.78, 5) is 10.7. The second kappa shape index (κ2) is 5.41. The second-order valence-corrected chi connectivity index (χ2v) is 6.08. The number of nitriles is 1. The molecule has 0 saturated carbocycles. The molecule has 90 valence electrons. The summed E-state index contributed by atoms with van der Waals surface area (Å²) < 4.78 is 25.3. The number of aldehydes is 1. The van der Waals surface area contributed by atoms with Crippen LogP contribution in [0.25, 0.3) is 0 Å². The zero-order valence-electron chi connectivity index (χ0n) is 9.30. The van der Waals surface area contributed by atoms with Gasteiger partial charge in [-0.25, -0.2) is 12.7 Å². The standard InChI is InChI=1S/C10H16N2O3S/c1-2-10(6-11)16(14,15)12-5-3-4-9(7-12)8-13/h8-10H,2-5,7H2,1H3. The van der Waals surface area contributed by atoms with Gasteiger partial charge in [-0.15, -0.1) is 0 Å². The van der Waals surface area contributed by atoms with Gasteiger partial charge >= 0.3 is 0 Å². The Balaban J connectivity index is 2.84. The largest absolute Gasteiger partial charge is 0.303 e. The van der Waals surface area contributed by atoms with Crippen LogP contribution in [-0.2, 0) is 14.8 Å². The van der Waals surface area contributed by atoms with Crippen LogP contribution in [0.4, 0.5) is 0 Å². The first-order chi connectivity index (χ1) is 7.56. The maximum absolute atomic E-state index is 12.0. The quantitative estimate of drug-likeness (QED) is 0.676. The fourth-order valence-corrected chi connectivity index (χ4v) is 3.56. The van der Waals surface area contributed by atoms with Crippen LogP contribution in [0.5, 0.6) is 0 Å². The first-order valence-electron chi connectivity index (χ1n) is 5.40. The summed E-state index contributed by atoms with van der Waals surface area (Å²) in [5, 5.41) is 7.80. The SMILES string of the molecule is CCC(C#N)S(=O)(=O)N1CCCC(C=O)C1. The number of hydrogen-bond acceptors (Lipinski definition) is 4. The van der Waals surface area contributed by atoms with Crippen LogP contribution < -0.4 is 0 Å². The number of carbonyl (C=O) groups excluding carboxylic acids is 1. The topological polar surface area (TPSA) is 78.2 Å². The highest BCUT2D eigenvalue weighted by molar-refractivity contribution is 7.90. The minimum absolute atomic E-state index is 0.222. The maximum Gasteiger partial charge on any atom is 0.230 e. The summed E-state index contributed by atoms with van der Waals surface area (Å²) in [5.74, 6) is -0.222. The molecule has 1 aliphatic rings. The molecule has 0 N–H and O–H groups in total. The predicted molar refractivity (Wildman–Crippen MR) is 59.0 cm³/mol. The first-order valence-corrected chi connectivity index (χ1v) is 6.90. The predicted octanol–water partition coefficient (Wildman–Crippen LogP) is 0.529. The van der Waals surface area contributed by atoms with E-state index in [1.807, 2.05) is 0 Å². The number of nitrogens with zero attached hydrogens (tertiary/aromatic N) is 2. The molecule has 0 radical (unpaired) electrons. The van der Waals surface area contributed by atoms with E-state index in [9.17, 15) is 13.2 Å². The average Bonchev–Trinajstić information content (AvgIpc) is 2.30. The van der Waals surface area contributed by atoms with Crippen molar-refractivity contribution in [2.75, 3.05) is 13.1 Å². The van der Waals surface area contributed by atoms with Gasteiger partial charge in [0.2, 0.25) is 10.0 Å². The van der Waals surface area contributed by atoms with Crippen molar-refractivity contribution in [2.45, 2.75) is 31.4 Å². The van der Waals surface area contributed by atoms with Gasteiger partial charge in [-0.3, -0.25) is 0 Å². The Bertz CT molecular complexity index is 385. The van der Waals surface area contributed by atoms with Gasteiger partial charge in [0.15, 0.2) is 5.25 Å². The van der Waals surface area contributed by atoms with Gasteiger partial charge < -0.3 is 4.79 Å². The summed E-state index contributed by atoms with van der Waals surface area (Å²) in [6.45, 7) is 2.32. The highest BCUT2D eigenvalue weighted by Gasteiger charge is 2.34. The minimum atomic E-state index is -3.55. The van der Waals surface area contributed by atoms with E-state index >= 15 is 0 Å². The molecule has 1 heterocycles. The molecule has 0 aliphatic carbocycles. The molecule has 1 rings (SSSR count). The molecule has 1 saturated heterocycles. The Morgan fingerprint density at radius 1 is 1.62 bits per heavy atom. The number of piperidine rings is 1. The number of sulfonamides is 1. The van der Waals surface area contributed by atoms with Gasteiger partial charge in [-0.1, -0.05) is 6.92 Å². The third kappa shape index (κ3) is 2.60. The third-order valence-corrected chi connectivity index (χ3v) is 5.06. The third-order valence-electron chi connectivity index (χ3n) is 2.85. The van der Waals surface area contributed by atoms with Crippen molar-refractivity contribution in [1.82, 2.24) is 4.31 Å². The highest BCUT2D eigenvalue weighted by Crippen LogP contribution is 2.21. The van der Waals surface area contributed by atoms with Crippen molar-refractivity contribution in [3.05, 3.63) is 0 Å². The van der Waals surface area contributed by atoms with Crippen LogP contribution in [0.1, 0.15) is 26.2 Å². The van der Waals surface area contributed by atoms with Crippen molar-refractivity contribution < 1.29 is 13.2 Å². The summed E-state index contributed by atoms with van der Waals surface area (Å²) in [5.41, 5.74) is 0. The molecule has 6 heteroatoms. The average molecular weight is 244 g/mol. The monoisotopic (exact) mass is 244 g/mol. The number of hydrogen-bond donors (Lipinski definition) is 0. The maximum atomic E-state index is 12.0. The lowest BCUT2D eigenvalue weighted by atomic mass is 10.0. The molecule has 0 bridgehead atoms. The number of carbonyl (C=O) groups is 1. The molecule has 0 aromatic heterocycles. The normalized spacial score (nSPS) is 24.6. The van der Waals surface area contributed by atoms with Gasteiger partial charge in [-0.2, -0.15) is 5.26 Å². The van der Waals surface area contributed by atoms with Crippen LogP contribution in [0, 0.1) is 17.2 Å². The van der Waals surface area contributed by atoms with Gasteiger partial charge in [-0.05, 0) is 19.3 Å². The summed E-state index contributed by atoms with van der Waals surface area (Å²) in [6.07, 6.45) is 2.50. The first kappa shape index (κ1) is 13.1. The van der Waals surface area contributed by atoms with Crippen molar-refractivity contribution in [1.29, 1.82) is 5.26 Å². The summed E-state index contributed by atoms with van der Waals surface area (Å²) in [7, 11) is -3.55. The highest BCUT2D eigenvalue weighted by atomic mass is 32.2. The van der Waals surface area contributed by atoms with E-state index in [-0.39, 0.29) is 18.9 Å². The van der Waals surface area contributed by atoms with E-state index in [1.54, 1.807) is 13.0 Å². The van der Waals surface area contributed by atoms with Crippen molar-refractivity contribution in [3.63, 3.8) is 0 Å². The molecule has 5 nitrogen and oxygen atoms in total. The van der Waals surface area contributed by atoms with Crippen molar-refractivity contribution in [3.8, 4) is 6.07 Å². The fraction of sp³-hybridized carbons (Fsp3) is 0.800. The molecular formula is C10H16N2O3S. The van der Waals surface area contributed by atoms with E-state index in [1.165, 1.54) is 4.31 Å². The van der Waals surface area contributed by atoms with Gasteiger partial charge in [0.1, 0.15) is 6.29 Å². The lowest BCUT2D eigenvalue weighted by molar-refractivity contribution is -0.112. The Hall–Kier alpha value is -0.930. The molecule has 0 spiro atoms. The minimum Gasteiger partial charge on any atom is -0.303 e. The van der Waals surface area contributed by atoms with Crippen LogP contribution in [0.2, 0.25) is 0 Å². The van der Waals surface area contributed by atoms with Gasteiger partial charge in [0.05, 0.1) is 6.07 Å². The van der Waals surface area contributed by atoms with E-state index in [0.717, 1.165) is 12.7 Å². The molecule has 0 aromatic carbocycles. The Morgan fingerprint density at radius 3 is 2.81 bits per heavy atom. The molecule has 16 heavy (non-hydrogen) atoms. The van der Waals surface area contributed by atoms with Crippen LogP contribution in [0.15, 0.2) is 0 Å². The van der Waals surface area contributed by atoms with E-state index in [4.69, 9.17) is 5.26 Å². The van der Waals surface area contributed by atoms with E-state index in [0.29, 0.717) is 13.0 Å². The summed E-state index contributed by atoms with van der Waals surface area (Å²) >= 11 is 0. The lowest BCUT2D eigenvalue weighted by Crippen LogP contribution is -2.44. The Labute approximate surface area is 96.1 Å². The van der Waals surface area contributed by atoms with Gasteiger partial charge in [0.25, 0.3) is 0 Å². The van der Waals surface area contributed by atoms with Crippen LogP contribution in [0.3, 0.4) is 0 Å². The molecular weight excluding hydrogens is 228 g/mol. The van der Waals surface area contributed by atoms with Crippen LogP contribution in [-0.4, -0.2) is 37.3 Å². The zero-order valence-corrected chi connectivity index (χ0v) is 10.1. The smallest absolute Gasteiger partial charge is 0.230 e. The Morgan fingerprint density at radius 2 is 2.31 bits per heavy atom. The fourth-order valence-electron chi connectivity index (χ4n) is 1.86. The summed E-state index contributed by atoms with van der Waals surface area (Å²) in [6, 6.07) is 1.80. The van der Waals surface area contributed by atoms with Gasteiger partial charge in [0, 0.05) is 19.0 Å². The Kier molecular flexibility index (Phi) is 4.44. The van der Waals surface area contributed by atoms with E-state index < -0.39 is 15.3 Å². The molecule has 0 aromatic rings. The molecule has 2 unspecified atom stereocenters. The lowest BCUT2D eigenvalue weighted by Gasteiger charge is -2.30. The molecule has 1 aliphatic heterocycles. The second-order valence-electron chi connectivity index (χ2n) is 3.97. The van der Waals surface area contributed by atoms with E-state index in [2.05, 4.69) is 0 Å². The number of rotatable bonds is 4. The molecule has 0 amide bonds. The zero-order chi connectivity index (χ0) is 12.2.